The molecule has 1 aromatic rings. The minimum Gasteiger partial charge on any atom is -0.379 e. The lowest BCUT2D eigenvalue weighted by Gasteiger charge is -2.24. The van der Waals surface area contributed by atoms with Crippen molar-refractivity contribution in [3.63, 3.8) is 0 Å². The highest BCUT2D eigenvalue weighted by Gasteiger charge is 2.52. The van der Waals surface area contributed by atoms with Gasteiger partial charge in [0.05, 0.1) is 6.61 Å². The highest BCUT2D eigenvalue weighted by molar-refractivity contribution is 7.32. The number of aromatic nitrogens is 2. The first-order valence-electron chi connectivity index (χ1n) is 6.65. The van der Waals surface area contributed by atoms with Crippen molar-refractivity contribution in [2.75, 3.05) is 6.61 Å². The van der Waals surface area contributed by atoms with Crippen molar-refractivity contribution < 1.29 is 28.6 Å². The van der Waals surface area contributed by atoms with E-state index < -0.39 is 49.8 Å². The molecule has 4 atom stereocenters. The molecule has 0 amide bonds. The van der Waals surface area contributed by atoms with Crippen LogP contribution in [0.1, 0.15) is 25.1 Å². The predicted octanol–water partition coefficient (Wildman–Crippen LogP) is -0.881. The third kappa shape index (κ3) is 3.46. The maximum atomic E-state index is 11.9. The normalized spacial score (nSPS) is 27.9. The van der Waals surface area contributed by atoms with Gasteiger partial charge in [0.15, 0.2) is 11.4 Å². The molecule has 1 saturated heterocycles. The number of aromatic amines is 1. The maximum absolute atomic E-state index is 11.9. The molecule has 23 heavy (non-hydrogen) atoms. The van der Waals surface area contributed by atoms with Crippen LogP contribution in [0.4, 0.5) is 0 Å². The zero-order valence-electron chi connectivity index (χ0n) is 12.4. The van der Waals surface area contributed by atoms with E-state index in [9.17, 15) is 24.1 Å². The first kappa shape index (κ1) is 17.6. The molecule has 2 heterocycles. The lowest BCUT2D eigenvalue weighted by atomic mass is 9.91. The Morgan fingerprint density at radius 2 is 2.26 bits per heavy atom. The summed E-state index contributed by atoms with van der Waals surface area (Å²) in [7, 11) is -2.93. The van der Waals surface area contributed by atoms with Gasteiger partial charge in [0.1, 0.15) is 12.3 Å². The van der Waals surface area contributed by atoms with Gasteiger partial charge >= 0.3 is 13.9 Å². The third-order valence-corrected chi connectivity index (χ3v) is 4.11. The number of ketones is 1. The molecule has 1 aromatic heterocycles. The van der Waals surface area contributed by atoms with Crippen molar-refractivity contribution in [1.29, 1.82) is 0 Å². The Labute approximate surface area is 130 Å². The quantitative estimate of drug-likeness (QED) is 0.582. The summed E-state index contributed by atoms with van der Waals surface area (Å²) < 4.78 is 21.6. The summed E-state index contributed by atoms with van der Waals surface area (Å²) in [4.78, 5) is 45.8. The lowest BCUT2D eigenvalue weighted by Crippen LogP contribution is -2.46. The van der Waals surface area contributed by atoms with E-state index in [0.29, 0.717) is 0 Å². The van der Waals surface area contributed by atoms with Gasteiger partial charge in [-0.1, -0.05) is 0 Å². The van der Waals surface area contributed by atoms with Gasteiger partial charge in [-0.15, -0.1) is 0 Å². The van der Waals surface area contributed by atoms with Crippen LogP contribution in [0.3, 0.4) is 0 Å². The fraction of sp³-hybridized carbons (Fsp3) is 0.583. The summed E-state index contributed by atoms with van der Waals surface area (Å²) in [5.74, 6) is -0.629. The average Bonchev–Trinajstić information content (AvgIpc) is 2.79. The van der Waals surface area contributed by atoms with Crippen molar-refractivity contribution in [1.82, 2.24) is 9.55 Å². The molecule has 1 fully saturated rings. The van der Waals surface area contributed by atoms with E-state index in [2.05, 4.69) is 9.51 Å². The molecule has 0 saturated carbocycles. The van der Waals surface area contributed by atoms with Gasteiger partial charge < -0.3 is 9.84 Å². The van der Waals surface area contributed by atoms with E-state index in [1.807, 2.05) is 0 Å². The van der Waals surface area contributed by atoms with Crippen LogP contribution in [0, 0.1) is 6.92 Å². The molecule has 11 heteroatoms. The number of nitrogens with one attached hydrogen (secondary N) is 1. The van der Waals surface area contributed by atoms with Gasteiger partial charge in [-0.05, 0) is 13.8 Å². The molecule has 1 radical (unpaired) electrons. The summed E-state index contributed by atoms with van der Waals surface area (Å²) in [6, 6.07) is 0. The van der Waals surface area contributed by atoms with Gasteiger partial charge in [-0.25, -0.2) is 9.36 Å². The van der Waals surface area contributed by atoms with Crippen LogP contribution >= 0.6 is 8.25 Å². The Morgan fingerprint density at radius 1 is 1.61 bits per heavy atom. The van der Waals surface area contributed by atoms with Crippen LogP contribution < -0.4 is 11.2 Å². The number of hydrogen-bond donors (Lipinski definition) is 3. The monoisotopic (exact) mass is 347 g/mol. The zero-order chi connectivity index (χ0) is 17.4. The highest BCUT2D eigenvalue weighted by Crippen LogP contribution is 2.38. The van der Waals surface area contributed by atoms with E-state index in [4.69, 9.17) is 9.63 Å². The molecule has 0 bridgehead atoms. The number of carbonyl (C=O) groups is 1. The Balaban J connectivity index is 2.35. The minimum atomic E-state index is -2.93. The van der Waals surface area contributed by atoms with E-state index in [-0.39, 0.29) is 12.0 Å². The molecule has 0 spiro atoms. The molecule has 3 N–H and O–H groups in total. The smallest absolute Gasteiger partial charge is 0.366 e. The maximum Gasteiger partial charge on any atom is 0.366 e. The Kier molecular flexibility index (Phi) is 4.92. The van der Waals surface area contributed by atoms with Crippen LogP contribution in [0.5, 0.6) is 0 Å². The average molecular weight is 347 g/mol. The molecule has 2 rings (SSSR count). The molecule has 127 valence electrons. The number of ether oxygens (including phenoxy) is 1. The topological polar surface area (TPSA) is 148 Å². The second kappa shape index (κ2) is 6.42. The van der Waals surface area contributed by atoms with E-state index >= 15 is 0 Å². The van der Waals surface area contributed by atoms with Crippen molar-refractivity contribution in [2.45, 2.75) is 38.2 Å². The van der Waals surface area contributed by atoms with Gasteiger partial charge in [0.2, 0.25) is 0 Å². The van der Waals surface area contributed by atoms with Gasteiger partial charge in [-0.3, -0.25) is 28.6 Å². The number of rotatable bonds is 5. The van der Waals surface area contributed by atoms with Gasteiger partial charge in [-0.2, -0.15) is 0 Å². The van der Waals surface area contributed by atoms with Crippen LogP contribution in [-0.2, 0) is 18.6 Å². The van der Waals surface area contributed by atoms with E-state index in [1.165, 1.54) is 13.1 Å². The fourth-order valence-electron chi connectivity index (χ4n) is 2.39. The van der Waals surface area contributed by atoms with Crippen molar-refractivity contribution in [3.05, 3.63) is 32.6 Å². The number of aliphatic hydroxyl groups is 1. The second-order valence-corrected chi connectivity index (χ2v) is 6.01. The minimum absolute atomic E-state index is 0.248. The summed E-state index contributed by atoms with van der Waals surface area (Å²) in [5, 5.41) is 10.5. The number of Topliss-reactive ketones (excluding diaryl/α,β-unsaturated/α-hetero) is 1. The third-order valence-electron chi connectivity index (χ3n) is 3.74. The molecule has 1 aliphatic rings. The molecular formula is C12H16N2O8P. The second-order valence-electron chi connectivity index (χ2n) is 5.28. The van der Waals surface area contributed by atoms with Crippen LogP contribution in [0.25, 0.3) is 0 Å². The van der Waals surface area contributed by atoms with Crippen LogP contribution in [0.15, 0.2) is 15.8 Å². The SMILES string of the molecule is CC(=O)[C@]1(O)C[C@H](n2cc(C)c(=O)[nH]c2=O)O[C@@H]1CO[P](=O)O. The Bertz CT molecular complexity index is 756. The molecular weight excluding hydrogens is 331 g/mol. The highest BCUT2D eigenvalue weighted by atomic mass is 31.1. The predicted molar refractivity (Wildman–Crippen MR) is 76.0 cm³/mol. The fourth-order valence-corrected chi connectivity index (χ4v) is 2.65. The summed E-state index contributed by atoms with van der Waals surface area (Å²) in [6.45, 7) is 2.12. The number of aryl methyl sites for hydroxylation is 1. The lowest BCUT2D eigenvalue weighted by molar-refractivity contribution is -0.143. The van der Waals surface area contributed by atoms with E-state index in [1.54, 1.807) is 0 Å². The summed E-state index contributed by atoms with van der Waals surface area (Å²) in [5.41, 5.74) is -3.04. The number of H-pyrrole nitrogens is 1. The molecule has 0 aliphatic carbocycles. The molecule has 0 aromatic carbocycles. The largest absolute Gasteiger partial charge is 0.379 e. The zero-order valence-corrected chi connectivity index (χ0v) is 13.3. The Hall–Kier alpha value is -1.71. The first-order valence-corrected chi connectivity index (χ1v) is 7.78. The number of hydrogen-bond acceptors (Lipinski definition) is 7. The van der Waals surface area contributed by atoms with Gasteiger partial charge in [0, 0.05) is 18.2 Å². The summed E-state index contributed by atoms with van der Waals surface area (Å²) >= 11 is 0. The van der Waals surface area contributed by atoms with Crippen LogP contribution in [-0.4, -0.2) is 43.6 Å². The first-order chi connectivity index (χ1) is 10.6. The van der Waals surface area contributed by atoms with Crippen molar-refractivity contribution in [3.8, 4) is 0 Å². The van der Waals surface area contributed by atoms with E-state index in [0.717, 1.165) is 11.5 Å². The number of nitrogens with zero attached hydrogens (tertiary/aromatic N) is 1. The Morgan fingerprint density at radius 3 is 2.83 bits per heavy atom. The number of carbonyl (C=O) groups excluding carboxylic acids is 1. The molecule has 1 unspecified atom stereocenters. The van der Waals surface area contributed by atoms with Crippen molar-refractivity contribution in [2.24, 2.45) is 0 Å². The molecule has 1 aliphatic heterocycles. The molecule has 10 nitrogen and oxygen atoms in total. The van der Waals surface area contributed by atoms with Crippen molar-refractivity contribution >= 4 is 14.0 Å². The standard InChI is InChI=1S/C12H16N2O8P/c1-6-4-14(11(17)13-10(6)16)9-3-12(18,7(2)15)8(22-9)5-21-23(19)20/h4,8-9,18H,3,5H2,1-2H3,(H,19,20)(H,13,16,17)/t8-,9-,12-/m1/s1. The summed E-state index contributed by atoms with van der Waals surface area (Å²) in [6.07, 6.45) is -1.26. The van der Waals surface area contributed by atoms with Gasteiger partial charge in [0.25, 0.3) is 5.56 Å². The van der Waals surface area contributed by atoms with Crippen LogP contribution in [0.2, 0.25) is 0 Å².